The molecule has 7 heteroatoms. The minimum atomic E-state index is 0.199. The van der Waals surface area contributed by atoms with Crippen molar-refractivity contribution in [2.24, 2.45) is 0 Å². The highest BCUT2D eigenvalue weighted by atomic mass is 79.9. The topological polar surface area (TPSA) is 92.5 Å². The number of hydrogen-bond acceptors (Lipinski definition) is 5. The molecule has 2 heterocycles. The number of aromatic amines is 1. The first kappa shape index (κ1) is 9.20. The molecule has 0 saturated carbocycles. The van der Waals surface area contributed by atoms with E-state index in [-0.39, 0.29) is 5.95 Å². The molecule has 0 aliphatic carbocycles. The van der Waals surface area contributed by atoms with Crippen LogP contribution in [0.5, 0.6) is 0 Å². The van der Waals surface area contributed by atoms with Crippen molar-refractivity contribution in [2.45, 2.75) is 0 Å². The van der Waals surface area contributed by atoms with E-state index < -0.39 is 0 Å². The van der Waals surface area contributed by atoms with Gasteiger partial charge in [-0.05, 0) is 22.9 Å². The van der Waals surface area contributed by atoms with Crippen LogP contribution in [0.15, 0.2) is 4.60 Å². The molecule has 0 aliphatic rings. The van der Waals surface area contributed by atoms with Gasteiger partial charge in [0, 0.05) is 6.54 Å². The van der Waals surface area contributed by atoms with Crippen molar-refractivity contribution in [3.8, 4) is 0 Å². The van der Waals surface area contributed by atoms with Gasteiger partial charge in [-0.25, -0.2) is 0 Å². The standard InChI is InChI=1S/C7H8BrN6/c1-2-10-5-3-4(8)13-14-6(3)12-7(9)11-5/h1-2H2,(H4,9,10,11,12,13,14). The van der Waals surface area contributed by atoms with Gasteiger partial charge in [0.15, 0.2) is 5.65 Å². The maximum atomic E-state index is 5.52. The van der Waals surface area contributed by atoms with E-state index in [1.807, 2.05) is 0 Å². The number of halogens is 1. The average Bonchev–Trinajstić information content (AvgIpc) is 2.48. The normalized spacial score (nSPS) is 10.7. The Hall–Kier alpha value is -1.37. The van der Waals surface area contributed by atoms with Crippen molar-refractivity contribution in [1.82, 2.24) is 20.2 Å². The van der Waals surface area contributed by atoms with Crippen LogP contribution in [0, 0.1) is 6.92 Å². The van der Waals surface area contributed by atoms with Crippen LogP contribution in [0.2, 0.25) is 0 Å². The fraction of sp³-hybridized carbons (Fsp3) is 0.143. The summed E-state index contributed by atoms with van der Waals surface area (Å²) in [4.78, 5) is 8.05. The molecular formula is C7H8BrN6. The fourth-order valence-corrected chi connectivity index (χ4v) is 1.62. The number of nitrogens with two attached hydrogens (primary N) is 1. The highest BCUT2D eigenvalue weighted by Gasteiger charge is 2.11. The molecule has 0 unspecified atom stereocenters. The minimum absolute atomic E-state index is 0.199. The van der Waals surface area contributed by atoms with Gasteiger partial charge in [-0.3, -0.25) is 5.10 Å². The molecule has 4 N–H and O–H groups in total. The molecule has 0 aliphatic heterocycles. The summed E-state index contributed by atoms with van der Waals surface area (Å²) in [6.45, 7) is 4.19. The van der Waals surface area contributed by atoms with Gasteiger partial charge >= 0.3 is 0 Å². The average molecular weight is 256 g/mol. The lowest BCUT2D eigenvalue weighted by Gasteiger charge is -2.03. The first-order valence-corrected chi connectivity index (χ1v) is 4.72. The number of aromatic nitrogens is 4. The van der Waals surface area contributed by atoms with Gasteiger partial charge in [-0.15, -0.1) is 0 Å². The Bertz CT molecular complexity index is 464. The maximum absolute atomic E-state index is 5.52. The van der Waals surface area contributed by atoms with E-state index in [0.29, 0.717) is 22.6 Å². The second kappa shape index (κ2) is 3.41. The molecule has 0 bridgehead atoms. The fourth-order valence-electron chi connectivity index (χ4n) is 1.16. The predicted octanol–water partition coefficient (Wildman–Crippen LogP) is 0.944. The lowest BCUT2D eigenvalue weighted by atomic mass is 10.4. The van der Waals surface area contributed by atoms with Crippen LogP contribution < -0.4 is 11.1 Å². The van der Waals surface area contributed by atoms with Crippen molar-refractivity contribution in [1.29, 1.82) is 0 Å². The smallest absolute Gasteiger partial charge is 0.224 e. The summed E-state index contributed by atoms with van der Waals surface area (Å²) in [5, 5.41) is 10.5. The molecule has 0 amide bonds. The number of nitrogens with one attached hydrogen (secondary N) is 2. The summed E-state index contributed by atoms with van der Waals surface area (Å²) in [5.41, 5.74) is 6.12. The van der Waals surface area contributed by atoms with Gasteiger partial charge < -0.3 is 11.1 Å². The van der Waals surface area contributed by atoms with Crippen LogP contribution in [0.4, 0.5) is 11.8 Å². The highest BCUT2D eigenvalue weighted by Crippen LogP contribution is 2.26. The number of H-pyrrole nitrogens is 1. The van der Waals surface area contributed by atoms with Gasteiger partial charge in [0.2, 0.25) is 5.95 Å². The zero-order valence-electron chi connectivity index (χ0n) is 7.21. The molecule has 0 saturated heterocycles. The third-order valence-electron chi connectivity index (χ3n) is 1.69. The molecule has 6 nitrogen and oxygen atoms in total. The molecule has 2 aromatic rings. The Morgan fingerprint density at radius 2 is 2.29 bits per heavy atom. The Kier molecular flexibility index (Phi) is 2.24. The number of rotatable bonds is 2. The van der Waals surface area contributed by atoms with E-state index in [9.17, 15) is 0 Å². The lowest BCUT2D eigenvalue weighted by Crippen LogP contribution is -2.04. The van der Waals surface area contributed by atoms with Crippen LogP contribution in [-0.4, -0.2) is 26.7 Å². The van der Waals surface area contributed by atoms with E-state index in [1.165, 1.54) is 0 Å². The number of nitrogens with zero attached hydrogens (tertiary/aromatic N) is 3. The Morgan fingerprint density at radius 1 is 1.50 bits per heavy atom. The van der Waals surface area contributed by atoms with Crippen molar-refractivity contribution in [3.05, 3.63) is 11.5 Å². The van der Waals surface area contributed by atoms with Gasteiger partial charge in [0.05, 0.1) is 5.39 Å². The molecule has 73 valence electrons. The second-order valence-corrected chi connectivity index (χ2v) is 3.35. The van der Waals surface area contributed by atoms with Gasteiger partial charge in [-0.2, -0.15) is 15.1 Å². The quantitative estimate of drug-likeness (QED) is 0.743. The van der Waals surface area contributed by atoms with Crippen LogP contribution in [0.3, 0.4) is 0 Å². The molecule has 2 aromatic heterocycles. The molecule has 0 spiro atoms. The van der Waals surface area contributed by atoms with Crippen LogP contribution in [0.25, 0.3) is 11.0 Å². The number of anilines is 2. The second-order valence-electron chi connectivity index (χ2n) is 2.60. The van der Waals surface area contributed by atoms with Crippen LogP contribution in [0.1, 0.15) is 0 Å². The van der Waals surface area contributed by atoms with Crippen molar-refractivity contribution >= 4 is 38.7 Å². The Labute approximate surface area is 88.4 Å². The molecule has 14 heavy (non-hydrogen) atoms. The molecule has 2 rings (SSSR count). The summed E-state index contributed by atoms with van der Waals surface area (Å²) < 4.78 is 0.656. The minimum Gasteiger partial charge on any atom is -0.369 e. The van der Waals surface area contributed by atoms with Crippen molar-refractivity contribution < 1.29 is 0 Å². The Morgan fingerprint density at radius 3 is 3.00 bits per heavy atom. The summed E-state index contributed by atoms with van der Waals surface area (Å²) in [7, 11) is 0. The summed E-state index contributed by atoms with van der Waals surface area (Å²) in [5.74, 6) is 0.827. The first-order chi connectivity index (χ1) is 6.72. The third kappa shape index (κ3) is 1.39. The Balaban J connectivity index is 2.70. The number of fused-ring (bicyclic) bond motifs is 1. The zero-order chi connectivity index (χ0) is 10.1. The molecular weight excluding hydrogens is 248 g/mol. The predicted molar refractivity (Wildman–Crippen MR) is 57.6 cm³/mol. The number of nitrogen functional groups attached to an aromatic ring is 1. The SMILES string of the molecule is [CH2]CNc1nc(N)nc2[nH]nc(Br)c12. The van der Waals surface area contributed by atoms with Crippen LogP contribution in [-0.2, 0) is 0 Å². The summed E-state index contributed by atoms with van der Waals surface area (Å²) >= 11 is 3.29. The summed E-state index contributed by atoms with van der Waals surface area (Å²) in [6.07, 6.45) is 0. The van der Waals surface area contributed by atoms with E-state index in [0.717, 1.165) is 5.39 Å². The molecule has 1 radical (unpaired) electrons. The van der Waals surface area contributed by atoms with Crippen molar-refractivity contribution in [3.63, 3.8) is 0 Å². The largest absolute Gasteiger partial charge is 0.369 e. The van der Waals surface area contributed by atoms with Gasteiger partial charge in [-0.1, -0.05) is 0 Å². The van der Waals surface area contributed by atoms with E-state index in [2.05, 4.69) is 48.3 Å². The third-order valence-corrected chi connectivity index (χ3v) is 2.26. The van der Waals surface area contributed by atoms with E-state index in [4.69, 9.17) is 5.73 Å². The van der Waals surface area contributed by atoms with Crippen molar-refractivity contribution in [2.75, 3.05) is 17.6 Å². The van der Waals surface area contributed by atoms with Gasteiger partial charge in [0.1, 0.15) is 10.4 Å². The first-order valence-electron chi connectivity index (χ1n) is 3.92. The maximum Gasteiger partial charge on any atom is 0.224 e. The summed E-state index contributed by atoms with van der Waals surface area (Å²) in [6, 6.07) is 0. The molecule has 0 fully saturated rings. The molecule has 0 atom stereocenters. The zero-order valence-corrected chi connectivity index (χ0v) is 8.80. The monoisotopic (exact) mass is 255 g/mol. The molecule has 0 aromatic carbocycles. The highest BCUT2D eigenvalue weighted by molar-refractivity contribution is 9.10. The number of hydrogen-bond donors (Lipinski definition) is 3. The van der Waals surface area contributed by atoms with E-state index in [1.54, 1.807) is 0 Å². The lowest BCUT2D eigenvalue weighted by molar-refractivity contribution is 1.07. The van der Waals surface area contributed by atoms with Gasteiger partial charge in [0.25, 0.3) is 0 Å². The van der Waals surface area contributed by atoms with E-state index >= 15 is 0 Å². The van der Waals surface area contributed by atoms with Crippen LogP contribution >= 0.6 is 15.9 Å².